The van der Waals surface area contributed by atoms with E-state index >= 15 is 0 Å². The molecule has 0 saturated heterocycles. The van der Waals surface area contributed by atoms with Crippen molar-refractivity contribution in [1.29, 1.82) is 0 Å². The molecule has 0 aromatic rings. The van der Waals surface area contributed by atoms with E-state index < -0.39 is 0 Å². The summed E-state index contributed by atoms with van der Waals surface area (Å²) in [5.41, 5.74) is 0. The summed E-state index contributed by atoms with van der Waals surface area (Å²) in [6.45, 7) is 11.7. The van der Waals surface area contributed by atoms with E-state index in [1.165, 1.54) is 83.5 Å². The minimum atomic E-state index is -0.221. The van der Waals surface area contributed by atoms with Gasteiger partial charge in [0, 0.05) is 19.4 Å². The fourth-order valence-electron chi connectivity index (χ4n) is 7.81. The highest BCUT2D eigenvalue weighted by Crippen LogP contribution is 2.20. The van der Waals surface area contributed by atoms with Crippen LogP contribution in [0.2, 0.25) is 0 Å². The molecule has 0 saturated carbocycles. The average molecular weight is 798 g/mol. The number of carbonyl (C=O) groups excluding carboxylic acids is 2. The van der Waals surface area contributed by atoms with Gasteiger partial charge in [-0.2, -0.15) is 0 Å². The van der Waals surface area contributed by atoms with Crippen molar-refractivity contribution >= 4 is 11.9 Å². The molecule has 0 heterocycles. The summed E-state index contributed by atoms with van der Waals surface area (Å²) in [4.78, 5) is 27.9. The van der Waals surface area contributed by atoms with Crippen molar-refractivity contribution < 1.29 is 28.6 Å². The standard InChI is InChI=1S/C49H96FNO5/c1-5-7-9-11-15-24-34-46(36-26-17-13-19-30-40-50)55-48(53)38-28-18-14-20-31-41-51(43-44-52)42-32-22-29-39-49(54)56-47(35-25-16-12-10-8-6-2)37-27-21-23-33-45(3)4/h45-47,52H,5-44H2,1-4H3. The fraction of sp³-hybridized carbons (Fsp3) is 0.959. The Morgan fingerprint density at radius 3 is 1.21 bits per heavy atom. The van der Waals surface area contributed by atoms with Gasteiger partial charge in [0.2, 0.25) is 0 Å². The molecule has 6 nitrogen and oxygen atoms in total. The molecule has 0 aliphatic carbocycles. The molecular weight excluding hydrogens is 702 g/mol. The Balaban J connectivity index is 4.30. The molecule has 0 aliphatic rings. The maximum Gasteiger partial charge on any atom is 0.306 e. The molecule has 56 heavy (non-hydrogen) atoms. The molecule has 0 rings (SSSR count). The van der Waals surface area contributed by atoms with Crippen molar-refractivity contribution in [2.24, 2.45) is 5.92 Å². The van der Waals surface area contributed by atoms with E-state index in [0.29, 0.717) is 25.8 Å². The number of aliphatic hydroxyl groups excluding tert-OH is 1. The van der Waals surface area contributed by atoms with Gasteiger partial charge in [0.05, 0.1) is 13.3 Å². The molecule has 0 aromatic heterocycles. The molecule has 1 N–H and O–H groups in total. The summed E-state index contributed by atoms with van der Waals surface area (Å²) in [6.07, 6.45) is 38.1. The van der Waals surface area contributed by atoms with Crippen LogP contribution in [-0.4, -0.2) is 67.1 Å². The number of hydrogen-bond donors (Lipinski definition) is 1. The second kappa shape index (κ2) is 43.4. The Morgan fingerprint density at radius 1 is 0.464 bits per heavy atom. The molecule has 0 aromatic carbocycles. The third kappa shape index (κ3) is 39.6. The van der Waals surface area contributed by atoms with E-state index in [-0.39, 0.29) is 37.4 Å². The number of esters is 2. The van der Waals surface area contributed by atoms with E-state index in [0.717, 1.165) is 141 Å². The van der Waals surface area contributed by atoms with Crippen molar-refractivity contribution in [2.75, 3.05) is 32.9 Å². The van der Waals surface area contributed by atoms with Crippen LogP contribution in [0.25, 0.3) is 0 Å². The second-order valence-corrected chi connectivity index (χ2v) is 17.5. The van der Waals surface area contributed by atoms with Gasteiger partial charge in [-0.3, -0.25) is 14.0 Å². The zero-order valence-corrected chi connectivity index (χ0v) is 37.9. The van der Waals surface area contributed by atoms with Crippen molar-refractivity contribution in [1.82, 2.24) is 4.90 Å². The fourth-order valence-corrected chi connectivity index (χ4v) is 7.81. The number of halogens is 1. The quantitative estimate of drug-likeness (QED) is 0.0488. The van der Waals surface area contributed by atoms with Crippen LogP contribution in [0.3, 0.4) is 0 Å². The lowest BCUT2D eigenvalue weighted by Gasteiger charge is -2.21. The summed E-state index contributed by atoms with van der Waals surface area (Å²) < 4.78 is 24.4. The van der Waals surface area contributed by atoms with Gasteiger partial charge in [-0.15, -0.1) is 0 Å². The van der Waals surface area contributed by atoms with Gasteiger partial charge in [0.25, 0.3) is 0 Å². The van der Waals surface area contributed by atoms with Crippen molar-refractivity contribution in [2.45, 2.75) is 265 Å². The Hall–Kier alpha value is -1.21. The lowest BCUT2D eigenvalue weighted by atomic mass is 10.0. The maximum absolute atomic E-state index is 12.8. The van der Waals surface area contributed by atoms with Gasteiger partial charge in [-0.1, -0.05) is 156 Å². The lowest BCUT2D eigenvalue weighted by molar-refractivity contribution is -0.151. The Bertz CT molecular complexity index is 810. The number of rotatable bonds is 45. The first kappa shape index (κ1) is 54.8. The predicted octanol–water partition coefficient (Wildman–Crippen LogP) is 14.4. The zero-order chi connectivity index (χ0) is 41.2. The van der Waals surface area contributed by atoms with Gasteiger partial charge in [-0.25, -0.2) is 0 Å². The van der Waals surface area contributed by atoms with E-state index in [4.69, 9.17) is 9.47 Å². The summed E-state index contributed by atoms with van der Waals surface area (Å²) in [7, 11) is 0. The third-order valence-corrected chi connectivity index (χ3v) is 11.4. The first-order valence-corrected chi connectivity index (χ1v) is 24.6. The molecule has 0 spiro atoms. The van der Waals surface area contributed by atoms with E-state index in [2.05, 4.69) is 32.6 Å². The first-order chi connectivity index (χ1) is 27.4. The molecular formula is C49H96FNO5. The number of carbonyl (C=O) groups is 2. The minimum absolute atomic E-state index is 0.0191. The number of hydrogen-bond acceptors (Lipinski definition) is 6. The molecule has 2 atom stereocenters. The molecule has 0 bridgehead atoms. The highest BCUT2D eigenvalue weighted by Gasteiger charge is 2.16. The number of ether oxygens (including phenoxy) is 2. The Labute approximate surface area is 348 Å². The summed E-state index contributed by atoms with van der Waals surface area (Å²) in [6, 6.07) is 0. The lowest BCUT2D eigenvalue weighted by Crippen LogP contribution is -2.29. The smallest absolute Gasteiger partial charge is 0.306 e. The van der Waals surface area contributed by atoms with Gasteiger partial charge >= 0.3 is 11.9 Å². The molecule has 0 fully saturated rings. The number of aliphatic hydroxyl groups is 1. The van der Waals surface area contributed by atoms with Crippen molar-refractivity contribution in [3.63, 3.8) is 0 Å². The van der Waals surface area contributed by atoms with Crippen molar-refractivity contribution in [3.8, 4) is 0 Å². The SMILES string of the molecule is CCCCCCCCC(CCCCCCCF)OC(=O)CCCCCCCN(CCO)CCCCCC(=O)OC(CCCCCCCC)CCCCCC(C)C. The monoisotopic (exact) mass is 798 g/mol. The molecule has 0 amide bonds. The van der Waals surface area contributed by atoms with E-state index in [9.17, 15) is 19.1 Å². The second-order valence-electron chi connectivity index (χ2n) is 17.5. The normalized spacial score (nSPS) is 12.8. The van der Waals surface area contributed by atoms with Crippen molar-refractivity contribution in [3.05, 3.63) is 0 Å². The minimum Gasteiger partial charge on any atom is -0.462 e. The Morgan fingerprint density at radius 2 is 0.804 bits per heavy atom. The van der Waals surface area contributed by atoms with Crippen LogP contribution in [0.1, 0.15) is 252 Å². The molecule has 0 aliphatic heterocycles. The largest absolute Gasteiger partial charge is 0.462 e. The number of nitrogens with zero attached hydrogens (tertiary/aromatic N) is 1. The summed E-state index contributed by atoms with van der Waals surface area (Å²) in [5.74, 6) is 0.699. The summed E-state index contributed by atoms with van der Waals surface area (Å²) >= 11 is 0. The van der Waals surface area contributed by atoms with Crippen LogP contribution in [0.5, 0.6) is 0 Å². The number of alkyl halides is 1. The van der Waals surface area contributed by atoms with Gasteiger partial charge in [0.1, 0.15) is 12.2 Å². The van der Waals surface area contributed by atoms with Crippen LogP contribution < -0.4 is 0 Å². The van der Waals surface area contributed by atoms with E-state index in [1.807, 2.05) is 0 Å². The van der Waals surface area contributed by atoms with Crippen LogP contribution in [0, 0.1) is 5.92 Å². The van der Waals surface area contributed by atoms with Gasteiger partial charge in [-0.05, 0) is 102 Å². The van der Waals surface area contributed by atoms with Crippen LogP contribution in [0.15, 0.2) is 0 Å². The maximum atomic E-state index is 12.8. The topological polar surface area (TPSA) is 76.1 Å². The Kier molecular flexibility index (Phi) is 42.4. The third-order valence-electron chi connectivity index (χ3n) is 11.4. The van der Waals surface area contributed by atoms with Crippen LogP contribution >= 0.6 is 0 Å². The zero-order valence-electron chi connectivity index (χ0n) is 37.9. The van der Waals surface area contributed by atoms with E-state index in [1.54, 1.807) is 0 Å². The number of unbranched alkanes of at least 4 members (excludes halogenated alkanes) is 22. The highest BCUT2D eigenvalue weighted by atomic mass is 19.1. The van der Waals surface area contributed by atoms with Crippen LogP contribution in [-0.2, 0) is 19.1 Å². The molecule has 334 valence electrons. The van der Waals surface area contributed by atoms with Crippen LogP contribution in [0.4, 0.5) is 4.39 Å². The van der Waals surface area contributed by atoms with Gasteiger partial charge < -0.3 is 19.5 Å². The average Bonchev–Trinajstić information content (AvgIpc) is 3.17. The molecule has 7 heteroatoms. The highest BCUT2D eigenvalue weighted by molar-refractivity contribution is 5.69. The molecule has 2 unspecified atom stereocenters. The summed E-state index contributed by atoms with van der Waals surface area (Å²) in [5, 5.41) is 9.64. The van der Waals surface area contributed by atoms with Gasteiger partial charge in [0.15, 0.2) is 0 Å². The molecule has 0 radical (unpaired) electrons. The first-order valence-electron chi connectivity index (χ1n) is 24.6. The predicted molar refractivity (Wildman–Crippen MR) is 237 cm³/mol.